The van der Waals surface area contributed by atoms with Crippen LogP contribution in [0.1, 0.15) is 12.0 Å². The van der Waals surface area contributed by atoms with Gasteiger partial charge in [0.05, 0.1) is 12.5 Å². The van der Waals surface area contributed by atoms with Crippen LogP contribution in [0.4, 0.5) is 0 Å². The van der Waals surface area contributed by atoms with Gasteiger partial charge in [-0.15, -0.1) is 0 Å². The highest BCUT2D eigenvalue weighted by molar-refractivity contribution is 5.85. The second kappa shape index (κ2) is 5.49. The number of aliphatic carboxylic acids is 1. The number of carbonyl (C=O) groups is 2. The maximum absolute atomic E-state index is 11.5. The first-order valence-electron chi connectivity index (χ1n) is 5.63. The first-order valence-corrected chi connectivity index (χ1v) is 5.63. The fraction of sp³-hybridized carbons (Fsp3) is 0.250. The molecule has 19 heavy (non-hydrogen) atoms. The van der Waals surface area contributed by atoms with Crippen LogP contribution in [0.25, 0.3) is 11.1 Å². The number of carboxylic acids is 1. The van der Waals surface area contributed by atoms with E-state index >= 15 is 0 Å². The van der Waals surface area contributed by atoms with E-state index < -0.39 is 24.3 Å². The number of amides is 1. The zero-order chi connectivity index (χ0) is 13.8. The lowest BCUT2D eigenvalue weighted by Gasteiger charge is -2.10. The van der Waals surface area contributed by atoms with Crippen molar-refractivity contribution in [3.05, 3.63) is 30.2 Å². The lowest BCUT2D eigenvalue weighted by atomic mass is 10.2. The molecule has 0 saturated carbocycles. The van der Waals surface area contributed by atoms with E-state index in [2.05, 4.69) is 10.3 Å². The minimum Gasteiger partial charge on any atom is -0.481 e. The summed E-state index contributed by atoms with van der Waals surface area (Å²) in [5, 5.41) is 11.1. The van der Waals surface area contributed by atoms with E-state index in [1.807, 2.05) is 0 Å². The average molecular weight is 263 g/mol. The predicted molar refractivity (Wildman–Crippen MR) is 66.1 cm³/mol. The molecule has 0 aliphatic heterocycles. The third-order valence-corrected chi connectivity index (χ3v) is 2.59. The molecule has 0 bridgehead atoms. The van der Waals surface area contributed by atoms with Crippen LogP contribution in [0.2, 0.25) is 0 Å². The third-order valence-electron chi connectivity index (χ3n) is 2.59. The number of carbonyl (C=O) groups excluding carboxylic acids is 1. The van der Waals surface area contributed by atoms with Crippen molar-refractivity contribution in [3.63, 3.8) is 0 Å². The smallest absolute Gasteiger partial charge is 0.305 e. The summed E-state index contributed by atoms with van der Waals surface area (Å²) in [4.78, 5) is 25.9. The maximum atomic E-state index is 11.5. The number of nitrogens with two attached hydrogens (primary N) is 1. The zero-order valence-electron chi connectivity index (χ0n) is 10.00. The van der Waals surface area contributed by atoms with Crippen molar-refractivity contribution >= 4 is 23.0 Å². The Morgan fingerprint density at radius 1 is 1.47 bits per heavy atom. The summed E-state index contributed by atoms with van der Waals surface area (Å²) in [7, 11) is 0. The van der Waals surface area contributed by atoms with Gasteiger partial charge in [0.15, 0.2) is 12.0 Å². The van der Waals surface area contributed by atoms with Crippen molar-refractivity contribution in [2.24, 2.45) is 5.73 Å². The van der Waals surface area contributed by atoms with Gasteiger partial charge in [-0.05, 0) is 17.7 Å². The number of nitrogens with zero attached hydrogens (tertiary/aromatic N) is 1. The largest absolute Gasteiger partial charge is 0.481 e. The van der Waals surface area contributed by atoms with Gasteiger partial charge in [0.2, 0.25) is 5.91 Å². The molecule has 1 amide bonds. The minimum atomic E-state index is -1.11. The van der Waals surface area contributed by atoms with Gasteiger partial charge < -0.3 is 20.6 Å². The number of carboxylic acid groups (broad SMARTS) is 1. The summed E-state index contributed by atoms with van der Waals surface area (Å²) >= 11 is 0. The van der Waals surface area contributed by atoms with Crippen LogP contribution >= 0.6 is 0 Å². The molecule has 0 aliphatic rings. The van der Waals surface area contributed by atoms with E-state index in [1.54, 1.807) is 18.2 Å². The fourth-order valence-electron chi connectivity index (χ4n) is 1.61. The molecule has 0 radical (unpaired) electrons. The second-order valence-electron chi connectivity index (χ2n) is 4.08. The Labute approximate surface area is 108 Å². The molecule has 4 N–H and O–H groups in total. The lowest BCUT2D eigenvalue weighted by Crippen LogP contribution is -2.41. The number of benzene rings is 1. The van der Waals surface area contributed by atoms with Crippen LogP contribution in [0.5, 0.6) is 0 Å². The summed E-state index contributed by atoms with van der Waals surface area (Å²) < 4.78 is 5.14. The van der Waals surface area contributed by atoms with Gasteiger partial charge in [-0.3, -0.25) is 9.59 Å². The number of nitrogens with one attached hydrogen (secondary N) is 1. The van der Waals surface area contributed by atoms with E-state index in [0.717, 1.165) is 11.1 Å². The molecule has 0 fully saturated rings. The topological polar surface area (TPSA) is 118 Å². The van der Waals surface area contributed by atoms with Crippen molar-refractivity contribution in [1.29, 1.82) is 0 Å². The lowest BCUT2D eigenvalue weighted by molar-refractivity contribution is -0.139. The molecule has 1 heterocycles. The number of aromatic nitrogens is 1. The van der Waals surface area contributed by atoms with Crippen LogP contribution < -0.4 is 11.1 Å². The van der Waals surface area contributed by atoms with E-state index in [-0.39, 0.29) is 6.54 Å². The Hall–Kier alpha value is -2.41. The molecule has 0 spiro atoms. The molecular formula is C12H13N3O4. The second-order valence-corrected chi connectivity index (χ2v) is 4.08. The number of rotatable bonds is 5. The molecule has 1 aromatic carbocycles. The van der Waals surface area contributed by atoms with Crippen molar-refractivity contribution < 1.29 is 19.1 Å². The molecule has 1 aromatic heterocycles. The number of oxazole rings is 1. The van der Waals surface area contributed by atoms with Gasteiger partial charge in [-0.1, -0.05) is 6.07 Å². The van der Waals surface area contributed by atoms with Gasteiger partial charge in [0, 0.05) is 6.54 Å². The average Bonchev–Trinajstić information content (AvgIpc) is 2.82. The Morgan fingerprint density at radius 2 is 2.26 bits per heavy atom. The molecule has 0 saturated heterocycles. The van der Waals surface area contributed by atoms with Crippen LogP contribution in [0.15, 0.2) is 29.0 Å². The first kappa shape index (κ1) is 13.0. The Kier molecular flexibility index (Phi) is 3.76. The van der Waals surface area contributed by atoms with Gasteiger partial charge in [-0.25, -0.2) is 4.98 Å². The van der Waals surface area contributed by atoms with Crippen molar-refractivity contribution in [2.45, 2.75) is 19.0 Å². The highest BCUT2D eigenvalue weighted by Gasteiger charge is 2.16. The van der Waals surface area contributed by atoms with Crippen LogP contribution in [-0.4, -0.2) is 28.0 Å². The van der Waals surface area contributed by atoms with E-state index in [4.69, 9.17) is 15.3 Å². The number of hydrogen-bond donors (Lipinski definition) is 3. The fourth-order valence-corrected chi connectivity index (χ4v) is 1.61. The number of fused-ring (bicyclic) bond motifs is 1. The SMILES string of the molecule is NC(CC(=O)O)C(=O)NCc1ccc2ncoc2c1. The molecule has 7 heteroatoms. The van der Waals surface area contributed by atoms with Crippen LogP contribution in [0.3, 0.4) is 0 Å². The van der Waals surface area contributed by atoms with Crippen molar-refractivity contribution in [1.82, 2.24) is 10.3 Å². The molecule has 7 nitrogen and oxygen atoms in total. The molecule has 1 atom stereocenters. The highest BCUT2D eigenvalue weighted by atomic mass is 16.4. The monoisotopic (exact) mass is 263 g/mol. The summed E-state index contributed by atoms with van der Waals surface area (Å²) in [5.74, 6) is -1.61. The van der Waals surface area contributed by atoms with Crippen molar-refractivity contribution in [2.75, 3.05) is 0 Å². The summed E-state index contributed by atoms with van der Waals surface area (Å²) in [5.41, 5.74) is 7.61. The maximum Gasteiger partial charge on any atom is 0.305 e. The highest BCUT2D eigenvalue weighted by Crippen LogP contribution is 2.13. The van der Waals surface area contributed by atoms with E-state index in [0.29, 0.717) is 5.58 Å². The Morgan fingerprint density at radius 3 is 3.00 bits per heavy atom. The molecule has 0 aliphatic carbocycles. The van der Waals surface area contributed by atoms with Crippen LogP contribution in [0, 0.1) is 0 Å². The predicted octanol–water partition coefficient (Wildman–Crippen LogP) is 0.246. The van der Waals surface area contributed by atoms with Gasteiger partial charge >= 0.3 is 5.97 Å². The van der Waals surface area contributed by atoms with Gasteiger partial charge in [-0.2, -0.15) is 0 Å². The third kappa shape index (κ3) is 3.29. The molecule has 2 aromatic rings. The van der Waals surface area contributed by atoms with Gasteiger partial charge in [0.1, 0.15) is 5.52 Å². The number of hydrogen-bond acceptors (Lipinski definition) is 5. The molecule has 100 valence electrons. The summed E-state index contributed by atoms with van der Waals surface area (Å²) in [6.07, 6.45) is 0.947. The Bertz CT molecular complexity index is 608. The minimum absolute atomic E-state index is 0.253. The normalized spacial score (nSPS) is 12.3. The van der Waals surface area contributed by atoms with Crippen molar-refractivity contribution in [3.8, 4) is 0 Å². The van der Waals surface area contributed by atoms with Crippen LogP contribution in [-0.2, 0) is 16.1 Å². The zero-order valence-corrected chi connectivity index (χ0v) is 10.00. The van der Waals surface area contributed by atoms with Gasteiger partial charge in [0.25, 0.3) is 0 Å². The quantitative estimate of drug-likeness (QED) is 0.711. The standard InChI is InChI=1S/C12H13N3O4/c13-8(4-11(16)17)12(18)14-5-7-1-2-9-10(3-7)19-6-15-9/h1-3,6,8H,4-5,13H2,(H,14,18)(H,16,17). The van der Waals surface area contributed by atoms with E-state index in [1.165, 1.54) is 6.39 Å². The van der Waals surface area contributed by atoms with E-state index in [9.17, 15) is 9.59 Å². The summed E-state index contributed by atoms with van der Waals surface area (Å²) in [6.45, 7) is 0.253. The Balaban J connectivity index is 1.94. The summed E-state index contributed by atoms with van der Waals surface area (Å²) in [6, 6.07) is 4.28. The molecule has 2 rings (SSSR count). The first-order chi connectivity index (χ1) is 9.06. The molecular weight excluding hydrogens is 250 g/mol. The molecule has 1 unspecified atom stereocenters.